The summed E-state index contributed by atoms with van der Waals surface area (Å²) in [5, 5.41) is 12.0. The highest BCUT2D eigenvalue weighted by Crippen LogP contribution is 2.33. The van der Waals surface area contributed by atoms with Crippen LogP contribution in [-0.2, 0) is 6.54 Å². The number of nitrogens with one attached hydrogen (secondary N) is 1. The smallest absolute Gasteiger partial charge is 0.174 e. The van der Waals surface area contributed by atoms with Gasteiger partial charge in [0, 0.05) is 12.6 Å². The van der Waals surface area contributed by atoms with Crippen LogP contribution in [0, 0.1) is 17.2 Å². The Labute approximate surface area is 102 Å². The minimum atomic E-state index is 0.109. The number of rotatable bonds is 6. The molecule has 90 valence electrons. The van der Waals surface area contributed by atoms with Crippen LogP contribution in [0.2, 0.25) is 0 Å². The Morgan fingerprint density at radius 1 is 1.53 bits per heavy atom. The fourth-order valence-electron chi connectivity index (χ4n) is 2.06. The SMILES string of the molecule is CCC1CC1NCc1cccc(OCC#N)c1. The maximum absolute atomic E-state index is 8.45. The number of hydrogen-bond donors (Lipinski definition) is 1. The lowest BCUT2D eigenvalue weighted by Crippen LogP contribution is -2.17. The summed E-state index contributed by atoms with van der Waals surface area (Å²) >= 11 is 0. The average Bonchev–Trinajstić information content (AvgIpc) is 3.13. The van der Waals surface area contributed by atoms with Gasteiger partial charge in [0.05, 0.1) is 0 Å². The van der Waals surface area contributed by atoms with Crippen molar-refractivity contribution in [1.82, 2.24) is 5.32 Å². The molecule has 1 aromatic rings. The summed E-state index contributed by atoms with van der Waals surface area (Å²) in [5.41, 5.74) is 1.21. The van der Waals surface area contributed by atoms with Crippen molar-refractivity contribution in [2.75, 3.05) is 6.61 Å². The van der Waals surface area contributed by atoms with Crippen LogP contribution in [0.3, 0.4) is 0 Å². The van der Waals surface area contributed by atoms with Gasteiger partial charge in [-0.25, -0.2) is 0 Å². The van der Waals surface area contributed by atoms with Gasteiger partial charge in [0.2, 0.25) is 0 Å². The second kappa shape index (κ2) is 5.70. The fourth-order valence-corrected chi connectivity index (χ4v) is 2.06. The molecule has 0 spiro atoms. The van der Waals surface area contributed by atoms with Crippen LogP contribution >= 0.6 is 0 Å². The Balaban J connectivity index is 1.82. The third-order valence-electron chi connectivity index (χ3n) is 3.22. The predicted molar refractivity (Wildman–Crippen MR) is 66.6 cm³/mol. The van der Waals surface area contributed by atoms with Gasteiger partial charge in [-0.15, -0.1) is 0 Å². The second-order valence-electron chi connectivity index (χ2n) is 4.49. The van der Waals surface area contributed by atoms with Gasteiger partial charge in [-0.1, -0.05) is 25.5 Å². The summed E-state index contributed by atoms with van der Waals surface area (Å²) in [6.45, 7) is 3.23. The lowest BCUT2D eigenvalue weighted by molar-refractivity contribution is 0.367. The lowest BCUT2D eigenvalue weighted by atomic mass is 10.2. The molecule has 2 rings (SSSR count). The van der Waals surface area contributed by atoms with Crippen molar-refractivity contribution >= 4 is 0 Å². The normalized spacial score (nSPS) is 21.9. The molecule has 1 N–H and O–H groups in total. The summed E-state index contributed by atoms with van der Waals surface area (Å²) in [6.07, 6.45) is 2.57. The van der Waals surface area contributed by atoms with Crippen molar-refractivity contribution in [3.63, 3.8) is 0 Å². The zero-order valence-corrected chi connectivity index (χ0v) is 10.1. The van der Waals surface area contributed by atoms with Crippen molar-refractivity contribution in [3.05, 3.63) is 29.8 Å². The molecule has 1 aliphatic carbocycles. The molecule has 3 heteroatoms. The summed E-state index contributed by atoms with van der Waals surface area (Å²) in [5.74, 6) is 1.64. The average molecular weight is 230 g/mol. The summed E-state index contributed by atoms with van der Waals surface area (Å²) in [6, 6.07) is 10.6. The van der Waals surface area contributed by atoms with E-state index in [1.165, 1.54) is 18.4 Å². The first-order valence-electron chi connectivity index (χ1n) is 6.15. The van der Waals surface area contributed by atoms with Crippen molar-refractivity contribution in [1.29, 1.82) is 5.26 Å². The van der Waals surface area contributed by atoms with E-state index in [4.69, 9.17) is 10.00 Å². The van der Waals surface area contributed by atoms with E-state index >= 15 is 0 Å². The Kier molecular flexibility index (Phi) is 4.00. The third kappa shape index (κ3) is 3.47. The molecule has 2 atom stereocenters. The number of ether oxygens (including phenoxy) is 1. The summed E-state index contributed by atoms with van der Waals surface area (Å²) in [4.78, 5) is 0. The number of hydrogen-bond acceptors (Lipinski definition) is 3. The van der Waals surface area contributed by atoms with E-state index in [0.29, 0.717) is 6.04 Å². The zero-order chi connectivity index (χ0) is 12.1. The van der Waals surface area contributed by atoms with Gasteiger partial charge in [0.25, 0.3) is 0 Å². The van der Waals surface area contributed by atoms with Gasteiger partial charge in [-0.2, -0.15) is 5.26 Å². The van der Waals surface area contributed by atoms with Crippen molar-refractivity contribution in [2.45, 2.75) is 32.4 Å². The van der Waals surface area contributed by atoms with Crippen LogP contribution in [0.25, 0.3) is 0 Å². The maximum atomic E-state index is 8.45. The molecule has 0 aliphatic heterocycles. The van der Waals surface area contributed by atoms with E-state index in [-0.39, 0.29) is 6.61 Å². The topological polar surface area (TPSA) is 45.0 Å². The molecule has 1 aliphatic rings. The fraction of sp³-hybridized carbons (Fsp3) is 0.500. The first-order chi connectivity index (χ1) is 8.33. The molecule has 17 heavy (non-hydrogen) atoms. The molecule has 2 unspecified atom stereocenters. The number of nitriles is 1. The minimum absolute atomic E-state index is 0.109. The Hall–Kier alpha value is -1.53. The molecular weight excluding hydrogens is 212 g/mol. The van der Waals surface area contributed by atoms with Crippen LogP contribution < -0.4 is 10.1 Å². The number of nitrogens with zero attached hydrogens (tertiary/aromatic N) is 1. The molecule has 0 heterocycles. The molecule has 1 fully saturated rings. The molecule has 0 amide bonds. The largest absolute Gasteiger partial charge is 0.479 e. The van der Waals surface area contributed by atoms with Crippen LogP contribution in [0.15, 0.2) is 24.3 Å². The highest BCUT2D eigenvalue weighted by molar-refractivity contribution is 5.28. The maximum Gasteiger partial charge on any atom is 0.174 e. The predicted octanol–water partition coefficient (Wildman–Crippen LogP) is 2.48. The zero-order valence-electron chi connectivity index (χ0n) is 10.1. The van der Waals surface area contributed by atoms with Crippen LogP contribution in [0.4, 0.5) is 0 Å². The van der Waals surface area contributed by atoms with Gasteiger partial charge in [0.1, 0.15) is 11.8 Å². The van der Waals surface area contributed by atoms with Gasteiger partial charge >= 0.3 is 0 Å². The van der Waals surface area contributed by atoms with Crippen molar-refractivity contribution < 1.29 is 4.74 Å². The van der Waals surface area contributed by atoms with E-state index in [0.717, 1.165) is 18.2 Å². The second-order valence-corrected chi connectivity index (χ2v) is 4.49. The molecular formula is C14H18N2O. The molecule has 0 aromatic heterocycles. The van der Waals surface area contributed by atoms with E-state index in [9.17, 15) is 0 Å². The molecule has 0 saturated heterocycles. The summed E-state index contributed by atoms with van der Waals surface area (Å²) < 4.78 is 5.27. The minimum Gasteiger partial charge on any atom is -0.479 e. The van der Waals surface area contributed by atoms with E-state index in [2.05, 4.69) is 18.3 Å². The van der Waals surface area contributed by atoms with Crippen molar-refractivity contribution in [3.8, 4) is 11.8 Å². The molecule has 3 nitrogen and oxygen atoms in total. The Bertz CT molecular complexity index is 411. The van der Waals surface area contributed by atoms with Crippen LogP contribution in [0.1, 0.15) is 25.3 Å². The first-order valence-corrected chi connectivity index (χ1v) is 6.15. The van der Waals surface area contributed by atoms with E-state index in [1.54, 1.807) is 0 Å². The molecule has 1 aromatic carbocycles. The third-order valence-corrected chi connectivity index (χ3v) is 3.22. The van der Waals surface area contributed by atoms with Gasteiger partial charge < -0.3 is 10.1 Å². The highest BCUT2D eigenvalue weighted by Gasteiger charge is 2.34. The standard InChI is InChI=1S/C14H18N2O/c1-2-12-9-14(12)16-10-11-4-3-5-13(8-11)17-7-6-15/h3-5,8,12,14,16H,2,7,9-10H2,1H3. The highest BCUT2D eigenvalue weighted by atomic mass is 16.5. The van der Waals surface area contributed by atoms with Crippen molar-refractivity contribution in [2.24, 2.45) is 5.92 Å². The Morgan fingerprint density at radius 2 is 2.41 bits per heavy atom. The van der Waals surface area contributed by atoms with Crippen LogP contribution in [-0.4, -0.2) is 12.6 Å². The van der Waals surface area contributed by atoms with E-state index in [1.807, 2.05) is 24.3 Å². The summed E-state index contributed by atoms with van der Waals surface area (Å²) in [7, 11) is 0. The first kappa shape index (κ1) is 11.9. The lowest BCUT2D eigenvalue weighted by Gasteiger charge is -2.06. The van der Waals surface area contributed by atoms with Gasteiger partial charge in [0.15, 0.2) is 6.61 Å². The van der Waals surface area contributed by atoms with Gasteiger partial charge in [-0.3, -0.25) is 0 Å². The van der Waals surface area contributed by atoms with Gasteiger partial charge in [-0.05, 0) is 30.0 Å². The number of benzene rings is 1. The quantitative estimate of drug-likeness (QED) is 0.816. The van der Waals surface area contributed by atoms with Crippen LogP contribution in [0.5, 0.6) is 5.75 Å². The monoisotopic (exact) mass is 230 g/mol. The molecule has 0 bridgehead atoms. The molecule has 0 radical (unpaired) electrons. The Morgan fingerprint density at radius 3 is 3.12 bits per heavy atom. The molecule has 1 saturated carbocycles. The van der Waals surface area contributed by atoms with E-state index < -0.39 is 0 Å².